The molecule has 1 aromatic rings. The molecule has 1 fully saturated rings. The van der Waals surface area contributed by atoms with Crippen molar-refractivity contribution >= 4 is 23.8 Å². The van der Waals surface area contributed by atoms with Crippen LogP contribution in [0.4, 0.5) is 4.79 Å². The number of urea groups is 1. The SMILES string of the molecule is CCN(Cc1cccc(C)n1)C(=O)N1CSC[C@H]1C(=O)O. The molecule has 1 aliphatic rings. The van der Waals surface area contributed by atoms with Crippen LogP contribution in [0.25, 0.3) is 0 Å². The van der Waals surface area contributed by atoms with E-state index in [0.717, 1.165) is 11.4 Å². The summed E-state index contributed by atoms with van der Waals surface area (Å²) >= 11 is 1.47. The molecular weight excluding hydrogens is 290 g/mol. The minimum atomic E-state index is -0.946. The number of hydrogen-bond acceptors (Lipinski definition) is 4. The number of aromatic nitrogens is 1. The summed E-state index contributed by atoms with van der Waals surface area (Å²) in [4.78, 5) is 31.2. The number of carboxylic acids is 1. The first-order valence-electron chi connectivity index (χ1n) is 6.81. The lowest BCUT2D eigenvalue weighted by molar-refractivity contribution is -0.140. The number of pyridine rings is 1. The highest BCUT2D eigenvalue weighted by atomic mass is 32.2. The van der Waals surface area contributed by atoms with E-state index in [0.29, 0.717) is 24.7 Å². The molecule has 2 amide bonds. The number of aliphatic carboxylic acids is 1. The zero-order chi connectivity index (χ0) is 15.4. The third-order valence-corrected chi connectivity index (χ3v) is 4.38. The fourth-order valence-electron chi connectivity index (χ4n) is 2.22. The molecule has 0 radical (unpaired) electrons. The monoisotopic (exact) mass is 309 g/mol. The van der Waals surface area contributed by atoms with Crippen molar-refractivity contribution in [2.24, 2.45) is 0 Å². The van der Waals surface area contributed by atoms with Crippen LogP contribution in [-0.2, 0) is 11.3 Å². The van der Waals surface area contributed by atoms with Crippen molar-refractivity contribution in [3.05, 3.63) is 29.6 Å². The van der Waals surface area contributed by atoms with Gasteiger partial charge in [0.2, 0.25) is 0 Å². The van der Waals surface area contributed by atoms with E-state index < -0.39 is 12.0 Å². The Morgan fingerprint density at radius 1 is 1.52 bits per heavy atom. The summed E-state index contributed by atoms with van der Waals surface area (Å²) in [6, 6.07) is 4.71. The Labute approximate surface area is 128 Å². The second-order valence-corrected chi connectivity index (χ2v) is 5.89. The quantitative estimate of drug-likeness (QED) is 0.918. The van der Waals surface area contributed by atoms with E-state index >= 15 is 0 Å². The van der Waals surface area contributed by atoms with Gasteiger partial charge in [0, 0.05) is 18.0 Å². The Bertz CT molecular complexity index is 538. The number of aryl methyl sites for hydroxylation is 1. The first-order valence-corrected chi connectivity index (χ1v) is 7.97. The number of nitrogens with zero attached hydrogens (tertiary/aromatic N) is 3. The van der Waals surface area contributed by atoms with Crippen molar-refractivity contribution < 1.29 is 14.7 Å². The minimum Gasteiger partial charge on any atom is -0.480 e. The van der Waals surface area contributed by atoms with E-state index in [2.05, 4.69) is 4.98 Å². The van der Waals surface area contributed by atoms with E-state index in [1.54, 1.807) is 4.90 Å². The molecular formula is C14H19N3O3S. The normalized spacial score (nSPS) is 17.8. The van der Waals surface area contributed by atoms with Crippen molar-refractivity contribution in [2.45, 2.75) is 26.4 Å². The van der Waals surface area contributed by atoms with Gasteiger partial charge in [-0.1, -0.05) is 6.07 Å². The van der Waals surface area contributed by atoms with Crippen LogP contribution < -0.4 is 0 Å². The lowest BCUT2D eigenvalue weighted by Crippen LogP contribution is -2.48. The summed E-state index contributed by atoms with van der Waals surface area (Å²) in [5, 5.41) is 9.18. The molecule has 1 atom stereocenters. The lowest BCUT2D eigenvalue weighted by atomic mass is 10.3. The zero-order valence-electron chi connectivity index (χ0n) is 12.2. The van der Waals surface area contributed by atoms with Crippen molar-refractivity contribution in [1.82, 2.24) is 14.8 Å². The van der Waals surface area contributed by atoms with Crippen molar-refractivity contribution in [3.63, 3.8) is 0 Å². The molecule has 0 aromatic carbocycles. The largest absolute Gasteiger partial charge is 0.480 e. The van der Waals surface area contributed by atoms with Gasteiger partial charge in [0.25, 0.3) is 0 Å². The Kier molecular flexibility index (Phi) is 5.06. The molecule has 1 aliphatic heterocycles. The summed E-state index contributed by atoms with van der Waals surface area (Å²) < 4.78 is 0. The molecule has 114 valence electrons. The molecule has 2 heterocycles. The predicted molar refractivity (Wildman–Crippen MR) is 81.0 cm³/mol. The molecule has 0 bridgehead atoms. The van der Waals surface area contributed by atoms with E-state index in [9.17, 15) is 14.7 Å². The highest BCUT2D eigenvalue weighted by molar-refractivity contribution is 7.99. The summed E-state index contributed by atoms with van der Waals surface area (Å²) in [6.07, 6.45) is 0. The highest BCUT2D eigenvalue weighted by Gasteiger charge is 2.36. The first-order chi connectivity index (χ1) is 10.0. The Balaban J connectivity index is 2.10. The van der Waals surface area contributed by atoms with Gasteiger partial charge >= 0.3 is 12.0 Å². The van der Waals surface area contributed by atoms with E-state index in [4.69, 9.17) is 0 Å². The number of thioether (sulfide) groups is 1. The Morgan fingerprint density at radius 3 is 2.90 bits per heavy atom. The second kappa shape index (κ2) is 6.80. The topological polar surface area (TPSA) is 73.7 Å². The molecule has 1 aromatic heterocycles. The van der Waals surface area contributed by atoms with Crippen LogP contribution in [-0.4, -0.2) is 56.1 Å². The van der Waals surface area contributed by atoms with E-state index in [-0.39, 0.29) is 6.03 Å². The van der Waals surface area contributed by atoms with Gasteiger partial charge in [-0.15, -0.1) is 11.8 Å². The van der Waals surface area contributed by atoms with Crippen LogP contribution in [0.5, 0.6) is 0 Å². The molecule has 2 rings (SSSR count). The van der Waals surface area contributed by atoms with Crippen LogP contribution in [0.2, 0.25) is 0 Å². The molecule has 0 saturated carbocycles. The van der Waals surface area contributed by atoms with Crippen molar-refractivity contribution in [2.75, 3.05) is 18.2 Å². The van der Waals surface area contributed by atoms with Crippen molar-refractivity contribution in [3.8, 4) is 0 Å². The molecule has 1 N–H and O–H groups in total. The van der Waals surface area contributed by atoms with Gasteiger partial charge in [-0.05, 0) is 26.0 Å². The summed E-state index contributed by atoms with van der Waals surface area (Å²) in [6.45, 7) is 4.69. The maximum absolute atomic E-state index is 12.5. The minimum absolute atomic E-state index is 0.238. The van der Waals surface area contributed by atoms with Gasteiger partial charge in [-0.2, -0.15) is 0 Å². The fourth-order valence-corrected chi connectivity index (χ4v) is 3.35. The number of rotatable bonds is 4. The van der Waals surface area contributed by atoms with Gasteiger partial charge in [-0.3, -0.25) is 4.98 Å². The molecule has 0 spiro atoms. The molecule has 0 aliphatic carbocycles. The lowest BCUT2D eigenvalue weighted by Gasteiger charge is -2.28. The molecule has 0 unspecified atom stereocenters. The van der Waals surface area contributed by atoms with E-state index in [1.165, 1.54) is 16.7 Å². The van der Waals surface area contributed by atoms with Gasteiger partial charge in [0.15, 0.2) is 0 Å². The summed E-state index contributed by atoms with van der Waals surface area (Å²) in [5.41, 5.74) is 1.71. The standard InChI is InChI=1S/C14H19N3O3S/c1-3-16(7-11-6-4-5-10(2)15-11)14(20)17-9-21-8-12(17)13(18)19/h4-6,12H,3,7-9H2,1-2H3,(H,18,19)/t12-/m0/s1. The van der Waals surface area contributed by atoms with Gasteiger partial charge in [0.05, 0.1) is 18.1 Å². The van der Waals surface area contributed by atoms with E-state index in [1.807, 2.05) is 32.0 Å². The molecule has 21 heavy (non-hydrogen) atoms. The number of hydrogen-bond donors (Lipinski definition) is 1. The number of amides is 2. The van der Waals surface area contributed by atoms with Crippen LogP contribution in [0, 0.1) is 6.92 Å². The Hall–Kier alpha value is -1.76. The first kappa shape index (κ1) is 15.6. The maximum atomic E-state index is 12.5. The van der Waals surface area contributed by atoms with Crippen LogP contribution in [0.15, 0.2) is 18.2 Å². The molecule has 7 heteroatoms. The van der Waals surface area contributed by atoms with Gasteiger partial charge < -0.3 is 14.9 Å². The predicted octanol–water partition coefficient (Wildman–Crippen LogP) is 1.79. The summed E-state index contributed by atoms with van der Waals surface area (Å²) in [5.74, 6) is -0.0763. The number of carbonyl (C=O) groups excluding carboxylic acids is 1. The number of carbonyl (C=O) groups is 2. The number of carboxylic acid groups (broad SMARTS) is 1. The maximum Gasteiger partial charge on any atom is 0.327 e. The highest BCUT2D eigenvalue weighted by Crippen LogP contribution is 2.23. The third kappa shape index (κ3) is 3.66. The van der Waals surface area contributed by atoms with Gasteiger partial charge in [-0.25, -0.2) is 9.59 Å². The third-order valence-electron chi connectivity index (χ3n) is 3.36. The molecule has 1 saturated heterocycles. The van der Waals surface area contributed by atoms with Crippen LogP contribution in [0.3, 0.4) is 0 Å². The fraction of sp³-hybridized carbons (Fsp3) is 0.500. The zero-order valence-corrected chi connectivity index (χ0v) is 13.0. The second-order valence-electron chi connectivity index (χ2n) is 4.89. The summed E-state index contributed by atoms with van der Waals surface area (Å²) in [7, 11) is 0. The Morgan fingerprint density at radius 2 is 2.29 bits per heavy atom. The smallest absolute Gasteiger partial charge is 0.327 e. The van der Waals surface area contributed by atoms with Crippen LogP contribution >= 0.6 is 11.8 Å². The van der Waals surface area contributed by atoms with Crippen LogP contribution in [0.1, 0.15) is 18.3 Å². The van der Waals surface area contributed by atoms with Gasteiger partial charge in [0.1, 0.15) is 6.04 Å². The average molecular weight is 309 g/mol. The average Bonchev–Trinajstić information content (AvgIpc) is 2.93. The molecule has 6 nitrogen and oxygen atoms in total. The van der Waals surface area contributed by atoms with Crippen molar-refractivity contribution in [1.29, 1.82) is 0 Å².